The zero-order valence-corrected chi connectivity index (χ0v) is 13.9. The molecule has 0 aliphatic carbocycles. The minimum absolute atomic E-state index is 0.153. The molecule has 8 nitrogen and oxygen atoms in total. The minimum Gasteiger partial charge on any atom is -0.481 e. The van der Waals surface area contributed by atoms with Crippen molar-refractivity contribution in [2.75, 3.05) is 31.2 Å². The maximum atomic E-state index is 12.8. The predicted octanol–water partition coefficient (Wildman–Crippen LogP) is 0.503. The van der Waals surface area contributed by atoms with Crippen LogP contribution >= 0.6 is 0 Å². The second kappa shape index (κ2) is 7.10. The van der Waals surface area contributed by atoms with Crippen molar-refractivity contribution in [2.45, 2.75) is 25.5 Å². The Labute approximate surface area is 144 Å². The fourth-order valence-electron chi connectivity index (χ4n) is 3.10. The van der Waals surface area contributed by atoms with Crippen LogP contribution in [-0.4, -0.2) is 66.2 Å². The van der Waals surface area contributed by atoms with Crippen molar-refractivity contribution in [2.24, 2.45) is 0 Å². The van der Waals surface area contributed by atoms with Crippen molar-refractivity contribution in [3.8, 4) is 5.75 Å². The third kappa shape index (κ3) is 3.58. The highest BCUT2D eigenvalue weighted by atomic mass is 16.5. The van der Waals surface area contributed by atoms with Gasteiger partial charge in [-0.1, -0.05) is 12.1 Å². The van der Waals surface area contributed by atoms with Gasteiger partial charge >= 0.3 is 5.97 Å². The Hall–Kier alpha value is -2.61. The molecule has 2 aliphatic rings. The van der Waals surface area contributed by atoms with Gasteiger partial charge in [0.1, 0.15) is 12.3 Å². The van der Waals surface area contributed by atoms with Crippen LogP contribution < -0.4 is 9.64 Å². The summed E-state index contributed by atoms with van der Waals surface area (Å²) >= 11 is 0. The fourth-order valence-corrected chi connectivity index (χ4v) is 3.10. The Bertz CT molecular complexity index is 691. The molecule has 1 N–H and O–H groups in total. The quantitative estimate of drug-likeness (QED) is 0.851. The number of carbonyl (C=O) groups excluding carboxylic acids is 2. The van der Waals surface area contributed by atoms with E-state index in [9.17, 15) is 14.4 Å². The van der Waals surface area contributed by atoms with Gasteiger partial charge < -0.3 is 19.5 Å². The monoisotopic (exact) mass is 348 g/mol. The predicted molar refractivity (Wildman–Crippen MR) is 87.5 cm³/mol. The first-order valence-electron chi connectivity index (χ1n) is 8.13. The lowest BCUT2D eigenvalue weighted by molar-refractivity contribution is -0.146. The van der Waals surface area contributed by atoms with Crippen LogP contribution in [0.25, 0.3) is 0 Å². The van der Waals surface area contributed by atoms with E-state index in [1.807, 2.05) is 0 Å². The summed E-state index contributed by atoms with van der Waals surface area (Å²) < 4.78 is 10.9. The van der Waals surface area contributed by atoms with E-state index in [2.05, 4.69) is 0 Å². The Morgan fingerprint density at radius 2 is 2.08 bits per heavy atom. The smallest absolute Gasteiger partial charge is 0.305 e. The van der Waals surface area contributed by atoms with E-state index in [0.717, 1.165) is 0 Å². The summed E-state index contributed by atoms with van der Waals surface area (Å²) in [6, 6.07) is 6.51. The summed E-state index contributed by atoms with van der Waals surface area (Å²) in [5.74, 6) is -1.04. The molecule has 2 atom stereocenters. The number of aliphatic carboxylic acids is 1. The van der Waals surface area contributed by atoms with E-state index in [-0.39, 0.29) is 31.4 Å². The fraction of sp³-hybridized carbons (Fsp3) is 0.471. The normalized spacial score (nSPS) is 23.0. The van der Waals surface area contributed by atoms with E-state index >= 15 is 0 Å². The first-order chi connectivity index (χ1) is 12.0. The van der Waals surface area contributed by atoms with Crippen LogP contribution in [0.1, 0.15) is 13.3 Å². The van der Waals surface area contributed by atoms with Gasteiger partial charge in [-0.3, -0.25) is 19.3 Å². The van der Waals surface area contributed by atoms with Gasteiger partial charge in [0.05, 0.1) is 31.4 Å². The lowest BCUT2D eigenvalue weighted by Crippen LogP contribution is -2.55. The molecule has 0 spiro atoms. The van der Waals surface area contributed by atoms with Gasteiger partial charge in [0, 0.05) is 6.54 Å². The Balaban J connectivity index is 1.79. The number of hydrogen-bond acceptors (Lipinski definition) is 5. The first-order valence-corrected chi connectivity index (χ1v) is 8.13. The molecular formula is C17H20N2O6. The van der Waals surface area contributed by atoms with Crippen molar-refractivity contribution in [1.82, 2.24) is 4.90 Å². The van der Waals surface area contributed by atoms with Gasteiger partial charge in [-0.15, -0.1) is 0 Å². The number of para-hydroxylation sites is 2. The zero-order valence-electron chi connectivity index (χ0n) is 13.9. The molecule has 0 aromatic heterocycles. The molecule has 2 aliphatic heterocycles. The molecule has 8 heteroatoms. The Morgan fingerprint density at radius 3 is 2.84 bits per heavy atom. The van der Waals surface area contributed by atoms with Crippen LogP contribution in [0.4, 0.5) is 5.69 Å². The van der Waals surface area contributed by atoms with Crippen molar-refractivity contribution in [1.29, 1.82) is 0 Å². The molecule has 1 aromatic rings. The number of rotatable bonds is 4. The summed E-state index contributed by atoms with van der Waals surface area (Å²) in [6.07, 6.45) is -0.863. The molecule has 3 rings (SSSR count). The van der Waals surface area contributed by atoms with Crippen LogP contribution in [0, 0.1) is 0 Å². The highest BCUT2D eigenvalue weighted by Crippen LogP contribution is 2.33. The summed E-state index contributed by atoms with van der Waals surface area (Å²) in [5.41, 5.74) is 0.544. The number of anilines is 1. The van der Waals surface area contributed by atoms with E-state index in [0.29, 0.717) is 24.6 Å². The van der Waals surface area contributed by atoms with Crippen LogP contribution in [0.15, 0.2) is 24.3 Å². The van der Waals surface area contributed by atoms with Gasteiger partial charge in [-0.25, -0.2) is 0 Å². The SMILES string of the molecule is CC1Oc2ccccc2N(CC(=O)N2CCOCC2CC(=O)O)C1=O. The minimum atomic E-state index is -0.991. The number of carboxylic acids is 1. The largest absolute Gasteiger partial charge is 0.481 e. The average molecular weight is 348 g/mol. The highest BCUT2D eigenvalue weighted by Gasteiger charge is 2.35. The van der Waals surface area contributed by atoms with Crippen LogP contribution in [-0.2, 0) is 19.1 Å². The van der Waals surface area contributed by atoms with E-state index < -0.39 is 18.1 Å². The summed E-state index contributed by atoms with van der Waals surface area (Å²) in [5, 5.41) is 9.02. The third-order valence-corrected chi connectivity index (χ3v) is 4.33. The molecule has 0 bridgehead atoms. The number of hydrogen-bond donors (Lipinski definition) is 1. The van der Waals surface area contributed by atoms with Gasteiger partial charge in [0.25, 0.3) is 5.91 Å². The lowest BCUT2D eigenvalue weighted by Gasteiger charge is -2.38. The second-order valence-corrected chi connectivity index (χ2v) is 6.07. The standard InChI is InChI=1S/C17H20N2O6/c1-11-17(23)19(13-4-2-3-5-14(13)25-11)9-15(20)18-6-7-24-10-12(18)8-16(21)22/h2-5,11-12H,6-10H2,1H3,(H,21,22). The van der Waals surface area contributed by atoms with Crippen molar-refractivity contribution in [3.05, 3.63) is 24.3 Å². The molecule has 0 saturated carbocycles. The Kier molecular flexibility index (Phi) is 4.89. The first kappa shape index (κ1) is 17.2. The molecule has 134 valence electrons. The van der Waals surface area contributed by atoms with Gasteiger partial charge in [0.2, 0.25) is 5.91 Å². The zero-order chi connectivity index (χ0) is 18.0. The number of morpholine rings is 1. The molecule has 25 heavy (non-hydrogen) atoms. The van der Waals surface area contributed by atoms with Crippen LogP contribution in [0.3, 0.4) is 0 Å². The van der Waals surface area contributed by atoms with Gasteiger partial charge in [-0.2, -0.15) is 0 Å². The van der Waals surface area contributed by atoms with Gasteiger partial charge in [0.15, 0.2) is 6.10 Å². The number of fused-ring (bicyclic) bond motifs is 1. The van der Waals surface area contributed by atoms with Crippen LogP contribution in [0.5, 0.6) is 5.75 Å². The van der Waals surface area contributed by atoms with Crippen LogP contribution in [0.2, 0.25) is 0 Å². The Morgan fingerprint density at radius 1 is 1.32 bits per heavy atom. The number of nitrogens with zero attached hydrogens (tertiary/aromatic N) is 2. The topological polar surface area (TPSA) is 96.4 Å². The van der Waals surface area contributed by atoms with E-state index in [1.54, 1.807) is 31.2 Å². The van der Waals surface area contributed by atoms with Crippen molar-refractivity contribution < 1.29 is 29.0 Å². The molecule has 2 unspecified atom stereocenters. The second-order valence-electron chi connectivity index (χ2n) is 6.07. The lowest BCUT2D eigenvalue weighted by atomic mass is 10.1. The molecule has 0 radical (unpaired) electrons. The van der Waals surface area contributed by atoms with E-state index in [1.165, 1.54) is 9.80 Å². The maximum absolute atomic E-state index is 12.8. The number of carbonyl (C=O) groups is 3. The number of amides is 2. The molecule has 1 saturated heterocycles. The summed E-state index contributed by atoms with van der Waals surface area (Å²) in [4.78, 5) is 39.1. The summed E-state index contributed by atoms with van der Waals surface area (Å²) in [7, 11) is 0. The summed E-state index contributed by atoms with van der Waals surface area (Å²) in [6.45, 7) is 2.33. The van der Waals surface area contributed by atoms with Crippen molar-refractivity contribution >= 4 is 23.5 Å². The average Bonchev–Trinajstić information content (AvgIpc) is 2.58. The number of benzene rings is 1. The molecule has 2 heterocycles. The maximum Gasteiger partial charge on any atom is 0.305 e. The van der Waals surface area contributed by atoms with Gasteiger partial charge in [-0.05, 0) is 19.1 Å². The molecular weight excluding hydrogens is 328 g/mol. The van der Waals surface area contributed by atoms with Crippen molar-refractivity contribution in [3.63, 3.8) is 0 Å². The number of carboxylic acid groups (broad SMARTS) is 1. The number of ether oxygens (including phenoxy) is 2. The third-order valence-electron chi connectivity index (χ3n) is 4.33. The highest BCUT2D eigenvalue weighted by molar-refractivity contribution is 6.03. The van der Waals surface area contributed by atoms with E-state index in [4.69, 9.17) is 14.6 Å². The molecule has 2 amide bonds. The molecule has 1 aromatic carbocycles. The molecule has 1 fully saturated rings.